The van der Waals surface area contributed by atoms with Crippen molar-refractivity contribution >= 4 is 10.8 Å². The fraction of sp³-hybridized carbons (Fsp3) is 0.0175. The van der Waals surface area contributed by atoms with Gasteiger partial charge in [-0.25, -0.2) is 9.97 Å². The second kappa shape index (κ2) is 14.4. The van der Waals surface area contributed by atoms with Gasteiger partial charge in [0.2, 0.25) is 0 Å². The maximum atomic E-state index is 5.19. The van der Waals surface area contributed by atoms with Crippen molar-refractivity contribution in [2.75, 3.05) is 0 Å². The van der Waals surface area contributed by atoms with E-state index in [1.807, 2.05) is 18.2 Å². The molecule has 10 aromatic rings. The lowest BCUT2D eigenvalue weighted by Crippen LogP contribution is -2.28. The predicted octanol–water partition coefficient (Wildman–Crippen LogP) is 14.3. The molecule has 0 saturated carbocycles. The largest absolute Gasteiger partial charge is 0.228 e. The number of nitrogens with zero attached hydrogens (tertiary/aromatic N) is 2. The topological polar surface area (TPSA) is 25.8 Å². The molecule has 0 N–H and O–H groups in total. The van der Waals surface area contributed by atoms with Crippen LogP contribution in [0.2, 0.25) is 0 Å². The van der Waals surface area contributed by atoms with E-state index in [0.29, 0.717) is 5.82 Å². The number of benzene rings is 9. The van der Waals surface area contributed by atoms with Gasteiger partial charge in [-0.2, -0.15) is 0 Å². The summed E-state index contributed by atoms with van der Waals surface area (Å²) in [6.07, 6.45) is 0. The molecule has 2 heteroatoms. The molecule has 0 fully saturated rings. The van der Waals surface area contributed by atoms with Crippen LogP contribution >= 0.6 is 0 Å². The van der Waals surface area contributed by atoms with Crippen LogP contribution in [-0.4, -0.2) is 9.97 Å². The third-order valence-corrected chi connectivity index (χ3v) is 12.0. The highest BCUT2D eigenvalue weighted by Gasteiger charge is 2.48. The second-order valence-electron chi connectivity index (χ2n) is 15.3. The van der Waals surface area contributed by atoms with Crippen LogP contribution in [0.4, 0.5) is 0 Å². The number of aromatic nitrogens is 2. The van der Waals surface area contributed by atoms with Crippen molar-refractivity contribution < 1.29 is 0 Å². The molecule has 1 heterocycles. The fourth-order valence-corrected chi connectivity index (χ4v) is 9.32. The Hall–Kier alpha value is -7.68. The summed E-state index contributed by atoms with van der Waals surface area (Å²) in [6.45, 7) is 0. The number of hydrogen-bond acceptors (Lipinski definition) is 2. The first-order valence-electron chi connectivity index (χ1n) is 20.2. The van der Waals surface area contributed by atoms with Crippen molar-refractivity contribution in [2.45, 2.75) is 5.41 Å². The lowest BCUT2D eigenvalue weighted by Gasteiger charge is -2.35. The molecule has 1 aliphatic carbocycles. The van der Waals surface area contributed by atoms with E-state index in [0.717, 1.165) is 39.2 Å². The summed E-state index contributed by atoms with van der Waals surface area (Å²) < 4.78 is 0. The smallest absolute Gasteiger partial charge is 0.160 e. The molecule has 9 aromatic carbocycles. The van der Waals surface area contributed by atoms with Crippen molar-refractivity contribution in [3.8, 4) is 67.3 Å². The molecule has 59 heavy (non-hydrogen) atoms. The van der Waals surface area contributed by atoms with E-state index in [1.165, 1.54) is 55.3 Å². The first-order valence-corrected chi connectivity index (χ1v) is 20.2. The first kappa shape index (κ1) is 34.6. The number of rotatable bonds is 7. The molecule has 0 radical (unpaired) electrons. The van der Waals surface area contributed by atoms with Crippen LogP contribution in [0.3, 0.4) is 0 Å². The summed E-state index contributed by atoms with van der Waals surface area (Å²) in [6, 6.07) is 83.0. The third kappa shape index (κ3) is 5.80. The SMILES string of the molecule is c1ccc(-c2cccc(-c3cc(-c4ccc(-c5cc6ccccc6c6c5-c5ccccc5C6(c5ccccc5)c5ccccc5)cc4)nc(-c4ccccc4)n3)c2)cc1. The molecular weight excluding hydrogens is 713 g/mol. The standard InChI is InChI=1S/C57H38N2/c1-5-18-39(19-6-1)43-23-17-24-45(36-43)53-38-52(58-56(59-53)42-20-7-2-8-21-42)41-34-32-40(33-35-41)50-37-44-22-13-14-29-48(44)55-54(50)49-30-15-16-31-51(49)57(55,46-25-9-3-10-26-46)47-27-11-4-12-28-47/h1-38H. The van der Waals surface area contributed by atoms with E-state index < -0.39 is 5.41 Å². The van der Waals surface area contributed by atoms with Gasteiger partial charge >= 0.3 is 0 Å². The Morgan fingerprint density at radius 3 is 1.54 bits per heavy atom. The van der Waals surface area contributed by atoms with Crippen molar-refractivity contribution in [1.82, 2.24) is 9.97 Å². The average molecular weight is 751 g/mol. The summed E-state index contributed by atoms with van der Waals surface area (Å²) in [7, 11) is 0. The number of hydrogen-bond donors (Lipinski definition) is 0. The Balaban J connectivity index is 1.10. The molecule has 276 valence electrons. The Kier molecular flexibility index (Phi) is 8.41. The van der Waals surface area contributed by atoms with Gasteiger partial charge in [-0.3, -0.25) is 0 Å². The van der Waals surface area contributed by atoms with Gasteiger partial charge in [-0.1, -0.05) is 212 Å². The lowest BCUT2D eigenvalue weighted by atomic mass is 9.66. The zero-order valence-electron chi connectivity index (χ0n) is 32.3. The van der Waals surface area contributed by atoms with E-state index in [2.05, 4.69) is 212 Å². The van der Waals surface area contributed by atoms with Crippen molar-refractivity contribution in [2.24, 2.45) is 0 Å². The highest BCUT2D eigenvalue weighted by Crippen LogP contribution is 2.60. The van der Waals surface area contributed by atoms with Gasteiger partial charge in [0.15, 0.2) is 5.82 Å². The van der Waals surface area contributed by atoms with Crippen LogP contribution in [0.25, 0.3) is 78.1 Å². The highest BCUT2D eigenvalue weighted by molar-refractivity contribution is 6.06. The van der Waals surface area contributed by atoms with Crippen LogP contribution in [0.1, 0.15) is 22.3 Å². The van der Waals surface area contributed by atoms with Crippen LogP contribution in [0.5, 0.6) is 0 Å². The molecule has 1 aliphatic rings. The molecule has 1 aromatic heterocycles. The normalized spacial score (nSPS) is 12.5. The Morgan fingerprint density at radius 2 is 0.847 bits per heavy atom. The quantitative estimate of drug-likeness (QED) is 0.162. The van der Waals surface area contributed by atoms with Crippen molar-refractivity contribution in [3.63, 3.8) is 0 Å². The Labute approximate surface area is 344 Å². The first-order chi connectivity index (χ1) is 29.3. The molecule has 11 rings (SSSR count). The molecular formula is C57H38N2. The molecule has 0 bridgehead atoms. The highest BCUT2D eigenvalue weighted by atomic mass is 14.9. The van der Waals surface area contributed by atoms with E-state index in [-0.39, 0.29) is 0 Å². The Bertz CT molecular complexity index is 3080. The van der Waals surface area contributed by atoms with Crippen molar-refractivity contribution in [1.29, 1.82) is 0 Å². The zero-order chi connectivity index (χ0) is 39.2. The predicted molar refractivity (Wildman–Crippen MR) is 244 cm³/mol. The third-order valence-electron chi connectivity index (χ3n) is 12.0. The van der Waals surface area contributed by atoms with Gasteiger partial charge in [0.1, 0.15) is 0 Å². The molecule has 0 saturated heterocycles. The maximum absolute atomic E-state index is 5.19. The van der Waals surface area contributed by atoms with Gasteiger partial charge in [0.25, 0.3) is 0 Å². The minimum atomic E-state index is -0.507. The van der Waals surface area contributed by atoms with Gasteiger partial charge in [0.05, 0.1) is 16.8 Å². The number of fused-ring (bicyclic) bond motifs is 5. The minimum Gasteiger partial charge on any atom is -0.228 e. The summed E-state index contributed by atoms with van der Waals surface area (Å²) in [5.41, 5.74) is 16.8. The van der Waals surface area contributed by atoms with Gasteiger partial charge < -0.3 is 0 Å². The van der Waals surface area contributed by atoms with Gasteiger partial charge in [-0.15, -0.1) is 0 Å². The Morgan fingerprint density at radius 1 is 0.322 bits per heavy atom. The van der Waals surface area contributed by atoms with E-state index in [1.54, 1.807) is 0 Å². The van der Waals surface area contributed by atoms with Crippen LogP contribution in [-0.2, 0) is 5.41 Å². The molecule has 0 amide bonds. The van der Waals surface area contributed by atoms with Crippen molar-refractivity contribution in [3.05, 3.63) is 253 Å². The summed E-state index contributed by atoms with van der Waals surface area (Å²) in [4.78, 5) is 10.3. The fourth-order valence-electron chi connectivity index (χ4n) is 9.32. The lowest BCUT2D eigenvalue weighted by molar-refractivity contribution is 0.775. The van der Waals surface area contributed by atoms with Crippen LogP contribution in [0, 0.1) is 0 Å². The minimum absolute atomic E-state index is 0.507. The zero-order valence-corrected chi connectivity index (χ0v) is 32.3. The summed E-state index contributed by atoms with van der Waals surface area (Å²) in [5, 5.41) is 2.49. The summed E-state index contributed by atoms with van der Waals surface area (Å²) in [5.74, 6) is 0.703. The van der Waals surface area contributed by atoms with E-state index >= 15 is 0 Å². The molecule has 2 nitrogen and oxygen atoms in total. The van der Waals surface area contributed by atoms with Crippen LogP contribution < -0.4 is 0 Å². The molecule has 0 spiro atoms. The van der Waals surface area contributed by atoms with Crippen LogP contribution in [0.15, 0.2) is 231 Å². The molecule has 0 unspecified atom stereocenters. The molecule has 0 aliphatic heterocycles. The van der Waals surface area contributed by atoms with E-state index in [4.69, 9.17) is 9.97 Å². The van der Waals surface area contributed by atoms with E-state index in [9.17, 15) is 0 Å². The van der Waals surface area contributed by atoms with Gasteiger partial charge in [-0.05, 0) is 84.6 Å². The average Bonchev–Trinajstić information content (AvgIpc) is 3.65. The van der Waals surface area contributed by atoms with Gasteiger partial charge in [0, 0.05) is 16.7 Å². The summed E-state index contributed by atoms with van der Waals surface area (Å²) >= 11 is 0. The second-order valence-corrected chi connectivity index (χ2v) is 15.3. The molecule has 0 atom stereocenters. The maximum Gasteiger partial charge on any atom is 0.160 e. The monoisotopic (exact) mass is 750 g/mol.